The number of cyclic esters (lactones) is 1. The number of aliphatic hydroxyl groups excluding tert-OH is 1. The molecule has 1 saturated heterocycles. The van der Waals surface area contributed by atoms with Crippen LogP contribution in [0.1, 0.15) is 36.9 Å². The van der Waals surface area contributed by atoms with Crippen LogP contribution in [0.25, 0.3) is 11.1 Å². The first kappa shape index (κ1) is 22.7. The average Bonchev–Trinajstić information content (AvgIpc) is 2.81. The molecule has 1 fully saturated rings. The third kappa shape index (κ3) is 4.54. The van der Waals surface area contributed by atoms with Crippen molar-refractivity contribution >= 4 is 6.09 Å². The molecule has 1 aliphatic rings. The van der Waals surface area contributed by atoms with E-state index in [2.05, 4.69) is 0 Å². The molecule has 7 heteroatoms. The normalized spacial score (nSPS) is 19.3. The Kier molecular flexibility index (Phi) is 6.33. The second-order valence-electron chi connectivity index (χ2n) is 8.45. The van der Waals surface area contributed by atoms with E-state index in [0.29, 0.717) is 18.5 Å². The predicted octanol–water partition coefficient (Wildman–Crippen LogP) is 4.37. The number of hydrogen-bond acceptors (Lipinski definition) is 4. The molecule has 4 rings (SSSR count). The number of nitrogens with zero attached hydrogens (tertiary/aromatic N) is 2. The summed E-state index contributed by atoms with van der Waals surface area (Å²) in [5, 5.41) is 9.59. The highest BCUT2D eigenvalue weighted by molar-refractivity contribution is 5.70. The third-order valence-corrected chi connectivity index (χ3v) is 6.44. The lowest BCUT2D eigenvalue weighted by atomic mass is 9.85. The maximum Gasteiger partial charge on any atom is 0.411 e. The van der Waals surface area contributed by atoms with Gasteiger partial charge in [0, 0.05) is 45.3 Å². The minimum Gasteiger partial charge on any atom is -0.438 e. The molecule has 0 saturated carbocycles. The summed E-state index contributed by atoms with van der Waals surface area (Å²) in [6, 6.07) is 16.9. The number of aliphatic hydroxyl groups is 1. The molecule has 2 atom stereocenters. The van der Waals surface area contributed by atoms with E-state index in [9.17, 15) is 19.1 Å². The van der Waals surface area contributed by atoms with Gasteiger partial charge in [0.05, 0.1) is 6.04 Å². The Bertz CT molecular complexity index is 1190. The van der Waals surface area contributed by atoms with E-state index in [4.69, 9.17) is 4.74 Å². The molecular weight excluding hydrogens is 423 g/mol. The van der Waals surface area contributed by atoms with Crippen molar-refractivity contribution in [1.29, 1.82) is 0 Å². The van der Waals surface area contributed by atoms with Crippen LogP contribution < -0.4 is 5.56 Å². The molecule has 0 radical (unpaired) electrons. The zero-order valence-electron chi connectivity index (χ0n) is 18.7. The number of amides is 1. The maximum atomic E-state index is 13.4. The molecule has 1 aliphatic heterocycles. The second-order valence-corrected chi connectivity index (χ2v) is 8.45. The van der Waals surface area contributed by atoms with E-state index < -0.39 is 11.7 Å². The van der Waals surface area contributed by atoms with Crippen molar-refractivity contribution in [2.75, 3.05) is 13.2 Å². The first-order chi connectivity index (χ1) is 15.8. The number of aryl methyl sites for hydroxylation is 1. The lowest BCUT2D eigenvalue weighted by Gasteiger charge is -2.43. The molecule has 1 amide bonds. The second kappa shape index (κ2) is 9.19. The number of halogens is 1. The Hall–Kier alpha value is -3.45. The lowest BCUT2D eigenvalue weighted by molar-refractivity contribution is -0.0718. The largest absolute Gasteiger partial charge is 0.438 e. The van der Waals surface area contributed by atoms with Crippen molar-refractivity contribution in [3.63, 3.8) is 0 Å². The van der Waals surface area contributed by atoms with Gasteiger partial charge in [-0.15, -0.1) is 0 Å². The molecule has 2 aromatic carbocycles. The van der Waals surface area contributed by atoms with Gasteiger partial charge >= 0.3 is 6.09 Å². The predicted molar refractivity (Wildman–Crippen MR) is 123 cm³/mol. The van der Waals surface area contributed by atoms with E-state index in [-0.39, 0.29) is 30.4 Å². The Morgan fingerprint density at radius 2 is 1.70 bits per heavy atom. The number of rotatable bonds is 6. The van der Waals surface area contributed by atoms with Crippen molar-refractivity contribution < 1.29 is 19.0 Å². The molecule has 1 N–H and O–H groups in total. The summed E-state index contributed by atoms with van der Waals surface area (Å²) in [7, 11) is 1.72. The number of ether oxygens (including phenoxy) is 1. The van der Waals surface area contributed by atoms with E-state index >= 15 is 0 Å². The van der Waals surface area contributed by atoms with Gasteiger partial charge in [0.1, 0.15) is 11.4 Å². The van der Waals surface area contributed by atoms with Crippen molar-refractivity contribution in [2.24, 2.45) is 7.05 Å². The summed E-state index contributed by atoms with van der Waals surface area (Å²) in [6.07, 6.45) is 2.07. The SMILES string of the molecule is C[C@@H](c1ccc(-c2ccc(=O)n(C)c2)cc1)N1CCC(CCO)(c2ccc(F)cc2)OC1=O. The van der Waals surface area contributed by atoms with Crippen LogP contribution in [0, 0.1) is 5.82 Å². The van der Waals surface area contributed by atoms with E-state index in [0.717, 1.165) is 16.7 Å². The zero-order chi connectivity index (χ0) is 23.6. The van der Waals surface area contributed by atoms with Crippen LogP contribution in [-0.4, -0.2) is 33.8 Å². The molecule has 33 heavy (non-hydrogen) atoms. The summed E-state index contributed by atoms with van der Waals surface area (Å²) >= 11 is 0. The zero-order valence-corrected chi connectivity index (χ0v) is 18.7. The average molecular weight is 451 g/mol. The van der Waals surface area contributed by atoms with Crippen LogP contribution in [0.3, 0.4) is 0 Å². The van der Waals surface area contributed by atoms with Crippen LogP contribution in [0.15, 0.2) is 71.7 Å². The molecule has 3 aromatic rings. The summed E-state index contributed by atoms with van der Waals surface area (Å²) < 4.78 is 20.8. The molecule has 2 heterocycles. The molecule has 0 aliphatic carbocycles. The van der Waals surface area contributed by atoms with Gasteiger partial charge in [0.25, 0.3) is 0 Å². The lowest BCUT2D eigenvalue weighted by Crippen LogP contribution is -2.49. The first-order valence-corrected chi connectivity index (χ1v) is 11.0. The van der Waals surface area contributed by atoms with E-state index in [1.54, 1.807) is 36.3 Å². The number of carbonyl (C=O) groups excluding carboxylic acids is 1. The number of pyridine rings is 1. The van der Waals surface area contributed by atoms with Crippen molar-refractivity contribution in [3.05, 3.63) is 94.2 Å². The molecule has 1 unspecified atom stereocenters. The van der Waals surface area contributed by atoms with Crippen LogP contribution in [-0.2, 0) is 17.4 Å². The van der Waals surface area contributed by atoms with Gasteiger partial charge in [0.2, 0.25) is 5.56 Å². The summed E-state index contributed by atoms with van der Waals surface area (Å²) in [5.74, 6) is -0.364. The molecule has 6 nitrogen and oxygen atoms in total. The first-order valence-electron chi connectivity index (χ1n) is 11.0. The minimum atomic E-state index is -0.969. The van der Waals surface area contributed by atoms with Crippen LogP contribution in [0.5, 0.6) is 0 Å². The smallest absolute Gasteiger partial charge is 0.411 e. The number of carbonyl (C=O) groups is 1. The Balaban J connectivity index is 1.52. The maximum absolute atomic E-state index is 13.4. The van der Waals surface area contributed by atoms with Crippen LogP contribution >= 0.6 is 0 Å². The number of benzene rings is 2. The standard InChI is InChI=1S/C26H27FN2O4/c1-18(19-3-5-20(6-4-19)21-7-12-24(31)28(2)17-21)29-15-13-26(14-16-30,33-25(29)32)22-8-10-23(27)11-9-22/h3-12,17-18,30H,13-16H2,1-2H3/t18-,26?/m0/s1. The molecule has 0 bridgehead atoms. The fourth-order valence-corrected chi connectivity index (χ4v) is 4.38. The van der Waals surface area contributed by atoms with Crippen LogP contribution in [0.4, 0.5) is 9.18 Å². The monoisotopic (exact) mass is 450 g/mol. The van der Waals surface area contributed by atoms with Gasteiger partial charge in [-0.25, -0.2) is 9.18 Å². The third-order valence-electron chi connectivity index (χ3n) is 6.44. The Morgan fingerprint density at radius 1 is 1.03 bits per heavy atom. The van der Waals surface area contributed by atoms with Crippen molar-refractivity contribution in [2.45, 2.75) is 31.4 Å². The van der Waals surface area contributed by atoms with Gasteiger partial charge in [0.15, 0.2) is 0 Å². The molecule has 1 aromatic heterocycles. The highest BCUT2D eigenvalue weighted by Gasteiger charge is 2.43. The molecule has 172 valence electrons. The fraction of sp³-hybridized carbons (Fsp3) is 0.308. The summed E-state index contributed by atoms with van der Waals surface area (Å²) in [6.45, 7) is 2.24. The topological polar surface area (TPSA) is 71.8 Å². The summed E-state index contributed by atoms with van der Waals surface area (Å²) in [4.78, 5) is 26.3. The van der Waals surface area contributed by atoms with Gasteiger partial charge in [-0.2, -0.15) is 0 Å². The molecule has 0 spiro atoms. The molecular formula is C26H27FN2O4. The van der Waals surface area contributed by atoms with Gasteiger partial charge in [-0.3, -0.25) is 4.79 Å². The van der Waals surface area contributed by atoms with Crippen molar-refractivity contribution in [1.82, 2.24) is 9.47 Å². The Morgan fingerprint density at radius 3 is 2.30 bits per heavy atom. The number of aromatic nitrogens is 1. The van der Waals surface area contributed by atoms with Gasteiger partial charge < -0.3 is 19.3 Å². The van der Waals surface area contributed by atoms with Gasteiger partial charge in [-0.05, 0) is 47.4 Å². The van der Waals surface area contributed by atoms with E-state index in [1.807, 2.05) is 31.2 Å². The number of hydrogen-bond donors (Lipinski definition) is 1. The van der Waals surface area contributed by atoms with E-state index in [1.165, 1.54) is 22.8 Å². The summed E-state index contributed by atoms with van der Waals surface area (Å²) in [5.41, 5.74) is 2.51. The van der Waals surface area contributed by atoms with Crippen LogP contribution in [0.2, 0.25) is 0 Å². The van der Waals surface area contributed by atoms with Gasteiger partial charge in [-0.1, -0.05) is 36.4 Å². The quantitative estimate of drug-likeness (QED) is 0.605. The Labute approximate surface area is 191 Å². The highest BCUT2D eigenvalue weighted by Crippen LogP contribution is 2.39. The fourth-order valence-electron chi connectivity index (χ4n) is 4.38. The van der Waals surface area contributed by atoms with Crippen molar-refractivity contribution in [3.8, 4) is 11.1 Å². The minimum absolute atomic E-state index is 0.0643. The highest BCUT2D eigenvalue weighted by atomic mass is 19.1.